The summed E-state index contributed by atoms with van der Waals surface area (Å²) in [6.07, 6.45) is 7.81. The zero-order valence-corrected chi connectivity index (χ0v) is 16.3. The second kappa shape index (κ2) is 9.81. The minimum atomic E-state index is 0.501. The van der Waals surface area contributed by atoms with Gasteiger partial charge in [-0.25, -0.2) is 0 Å². The number of nitrogens with one attached hydrogen (secondary N) is 2. The standard InChI is InChI=1S/C21H34N4O/c1-3-13-26-20-10-6-7-17(14-20)15-23-21(22-2)24-18-11-12-25(16-18)19-8-4-5-9-19/h6-7,10,14,18-19H,3-5,8-9,11-13,15-16H2,1-2H3,(H2,22,23,24). The maximum Gasteiger partial charge on any atom is 0.191 e. The molecule has 5 heteroatoms. The number of guanidine groups is 1. The van der Waals surface area contributed by atoms with E-state index in [-0.39, 0.29) is 0 Å². The predicted molar refractivity (Wildman–Crippen MR) is 108 cm³/mol. The van der Waals surface area contributed by atoms with Crippen LogP contribution in [0.15, 0.2) is 29.3 Å². The van der Waals surface area contributed by atoms with Gasteiger partial charge in [0.05, 0.1) is 6.61 Å². The van der Waals surface area contributed by atoms with Gasteiger partial charge in [0.2, 0.25) is 0 Å². The summed E-state index contributed by atoms with van der Waals surface area (Å²) in [5.41, 5.74) is 1.21. The topological polar surface area (TPSA) is 48.9 Å². The molecular formula is C21H34N4O. The van der Waals surface area contributed by atoms with Gasteiger partial charge in [-0.2, -0.15) is 0 Å². The maximum absolute atomic E-state index is 5.72. The molecule has 1 unspecified atom stereocenters. The highest BCUT2D eigenvalue weighted by atomic mass is 16.5. The Morgan fingerprint density at radius 1 is 1.27 bits per heavy atom. The van der Waals surface area contributed by atoms with Crippen molar-refractivity contribution in [2.24, 2.45) is 4.99 Å². The Labute approximate surface area is 158 Å². The molecule has 1 saturated carbocycles. The molecule has 144 valence electrons. The molecule has 26 heavy (non-hydrogen) atoms. The summed E-state index contributed by atoms with van der Waals surface area (Å²) in [5, 5.41) is 7.05. The average Bonchev–Trinajstić information content (AvgIpc) is 3.35. The van der Waals surface area contributed by atoms with E-state index in [4.69, 9.17) is 4.74 Å². The molecule has 1 saturated heterocycles. The fourth-order valence-corrected chi connectivity index (χ4v) is 4.05. The van der Waals surface area contributed by atoms with E-state index in [1.54, 1.807) is 0 Å². The second-order valence-corrected chi connectivity index (χ2v) is 7.48. The molecule has 3 rings (SSSR count). The molecule has 0 spiro atoms. The van der Waals surface area contributed by atoms with Gasteiger partial charge >= 0.3 is 0 Å². The number of aliphatic imine (C=N–C) groups is 1. The first-order valence-corrected chi connectivity index (χ1v) is 10.2. The first-order chi connectivity index (χ1) is 12.8. The highest BCUT2D eigenvalue weighted by molar-refractivity contribution is 5.80. The van der Waals surface area contributed by atoms with Gasteiger partial charge in [0.1, 0.15) is 5.75 Å². The molecule has 0 bridgehead atoms. The van der Waals surface area contributed by atoms with Crippen LogP contribution < -0.4 is 15.4 Å². The van der Waals surface area contributed by atoms with E-state index in [1.165, 1.54) is 44.2 Å². The van der Waals surface area contributed by atoms with Gasteiger partial charge in [0, 0.05) is 38.8 Å². The summed E-state index contributed by atoms with van der Waals surface area (Å²) in [6, 6.07) is 9.62. The number of ether oxygens (including phenoxy) is 1. The van der Waals surface area contributed by atoms with Crippen molar-refractivity contribution in [3.63, 3.8) is 0 Å². The average molecular weight is 359 g/mol. The third-order valence-electron chi connectivity index (χ3n) is 5.46. The quantitative estimate of drug-likeness (QED) is 0.581. The Morgan fingerprint density at radius 3 is 2.88 bits per heavy atom. The lowest BCUT2D eigenvalue weighted by atomic mass is 10.2. The lowest BCUT2D eigenvalue weighted by Gasteiger charge is -2.24. The summed E-state index contributed by atoms with van der Waals surface area (Å²) >= 11 is 0. The van der Waals surface area contributed by atoms with Crippen LogP contribution in [0.3, 0.4) is 0 Å². The molecule has 1 aromatic carbocycles. The number of hydrogen-bond donors (Lipinski definition) is 2. The van der Waals surface area contributed by atoms with E-state index >= 15 is 0 Å². The van der Waals surface area contributed by atoms with Crippen molar-refractivity contribution in [1.29, 1.82) is 0 Å². The molecule has 1 aliphatic heterocycles. The molecule has 1 heterocycles. The van der Waals surface area contributed by atoms with Crippen LogP contribution in [0.5, 0.6) is 5.75 Å². The third-order valence-corrected chi connectivity index (χ3v) is 5.46. The van der Waals surface area contributed by atoms with Crippen molar-refractivity contribution in [2.45, 2.75) is 64.1 Å². The highest BCUT2D eigenvalue weighted by Gasteiger charge is 2.30. The Kier molecular flexibility index (Phi) is 7.18. The van der Waals surface area contributed by atoms with Gasteiger partial charge in [-0.05, 0) is 43.4 Å². The van der Waals surface area contributed by atoms with E-state index in [2.05, 4.69) is 45.6 Å². The van der Waals surface area contributed by atoms with Gasteiger partial charge in [-0.15, -0.1) is 0 Å². The molecule has 2 aliphatic rings. The highest BCUT2D eigenvalue weighted by Crippen LogP contribution is 2.26. The number of likely N-dealkylation sites (tertiary alicyclic amines) is 1. The molecule has 1 aliphatic carbocycles. The summed E-state index contributed by atoms with van der Waals surface area (Å²) in [7, 11) is 1.85. The van der Waals surface area contributed by atoms with Crippen LogP contribution in [0.4, 0.5) is 0 Å². The fraction of sp³-hybridized carbons (Fsp3) is 0.667. The Balaban J connectivity index is 1.45. The van der Waals surface area contributed by atoms with Crippen molar-refractivity contribution in [3.8, 4) is 5.75 Å². The van der Waals surface area contributed by atoms with Crippen LogP contribution in [-0.2, 0) is 6.54 Å². The van der Waals surface area contributed by atoms with Crippen LogP contribution in [0.2, 0.25) is 0 Å². The predicted octanol–water partition coefficient (Wildman–Crippen LogP) is 3.16. The molecule has 2 N–H and O–H groups in total. The largest absolute Gasteiger partial charge is 0.494 e. The van der Waals surface area contributed by atoms with Gasteiger partial charge in [-0.1, -0.05) is 31.9 Å². The van der Waals surface area contributed by atoms with E-state index in [0.717, 1.165) is 43.9 Å². The van der Waals surface area contributed by atoms with Gasteiger partial charge in [0.25, 0.3) is 0 Å². The number of benzene rings is 1. The molecular weight excluding hydrogens is 324 g/mol. The minimum absolute atomic E-state index is 0.501. The van der Waals surface area contributed by atoms with Crippen LogP contribution >= 0.6 is 0 Å². The summed E-state index contributed by atoms with van der Waals surface area (Å²) in [5.74, 6) is 1.83. The first kappa shape index (κ1) is 19.0. The zero-order chi connectivity index (χ0) is 18.2. The maximum atomic E-state index is 5.72. The van der Waals surface area contributed by atoms with Crippen molar-refractivity contribution < 1.29 is 4.74 Å². The Bertz CT molecular complexity index is 583. The molecule has 0 radical (unpaired) electrons. The third kappa shape index (κ3) is 5.37. The second-order valence-electron chi connectivity index (χ2n) is 7.48. The zero-order valence-electron chi connectivity index (χ0n) is 16.3. The minimum Gasteiger partial charge on any atom is -0.494 e. The molecule has 0 amide bonds. The van der Waals surface area contributed by atoms with Gasteiger partial charge < -0.3 is 15.4 Å². The van der Waals surface area contributed by atoms with E-state index in [9.17, 15) is 0 Å². The van der Waals surface area contributed by atoms with Crippen molar-refractivity contribution >= 4 is 5.96 Å². The SMILES string of the molecule is CCCOc1cccc(CNC(=NC)NC2CCN(C3CCCC3)C2)c1. The van der Waals surface area contributed by atoms with E-state index in [0.29, 0.717) is 6.04 Å². The fourth-order valence-electron chi connectivity index (χ4n) is 4.05. The Morgan fingerprint density at radius 2 is 2.12 bits per heavy atom. The molecule has 1 atom stereocenters. The van der Waals surface area contributed by atoms with Crippen LogP contribution in [0, 0.1) is 0 Å². The van der Waals surface area contributed by atoms with Crippen molar-refractivity contribution in [1.82, 2.24) is 15.5 Å². The summed E-state index contributed by atoms with van der Waals surface area (Å²) in [6.45, 7) is 6.00. The van der Waals surface area contributed by atoms with E-state index < -0.39 is 0 Å². The van der Waals surface area contributed by atoms with Gasteiger partial charge in [0.15, 0.2) is 5.96 Å². The number of hydrogen-bond acceptors (Lipinski definition) is 3. The summed E-state index contributed by atoms with van der Waals surface area (Å²) < 4.78 is 5.72. The number of nitrogens with zero attached hydrogens (tertiary/aromatic N) is 2. The first-order valence-electron chi connectivity index (χ1n) is 10.2. The smallest absolute Gasteiger partial charge is 0.191 e. The summed E-state index contributed by atoms with van der Waals surface area (Å²) in [4.78, 5) is 7.08. The normalized spacial score (nSPS) is 21.9. The molecule has 2 fully saturated rings. The molecule has 5 nitrogen and oxygen atoms in total. The molecule has 1 aromatic rings. The van der Waals surface area contributed by atoms with Crippen LogP contribution in [0.25, 0.3) is 0 Å². The van der Waals surface area contributed by atoms with E-state index in [1.807, 2.05) is 13.1 Å². The Hall–Kier alpha value is -1.75. The lowest BCUT2D eigenvalue weighted by Crippen LogP contribution is -2.45. The van der Waals surface area contributed by atoms with Crippen LogP contribution in [-0.4, -0.2) is 49.7 Å². The number of rotatable bonds is 7. The van der Waals surface area contributed by atoms with Crippen LogP contribution in [0.1, 0.15) is 51.0 Å². The van der Waals surface area contributed by atoms with Gasteiger partial charge in [-0.3, -0.25) is 9.89 Å². The molecule has 0 aromatic heterocycles. The van der Waals surface area contributed by atoms with Crippen molar-refractivity contribution in [3.05, 3.63) is 29.8 Å². The van der Waals surface area contributed by atoms with Crippen molar-refractivity contribution in [2.75, 3.05) is 26.7 Å². The lowest BCUT2D eigenvalue weighted by molar-refractivity contribution is 0.242. The monoisotopic (exact) mass is 358 g/mol.